The highest BCUT2D eigenvalue weighted by atomic mass is 32.2. The number of ether oxygens (including phenoxy) is 1. The fraction of sp³-hybridized carbons (Fsp3) is 0.290. The molecular formula is C31H35N3O5SSi. The lowest BCUT2D eigenvalue weighted by atomic mass is 10.0. The van der Waals surface area contributed by atoms with E-state index in [1.807, 2.05) is 66.7 Å². The maximum atomic E-state index is 13.6. The standard InChI is InChI=1S/C31H35N3O5SSi/c1-41(2,3)18-17-33-30(35)21-34(40(33,37)38)28-16-13-24(20-29(28)39-22-23-9-5-4-6-10-23)19-26-15-14-25-11-7-8-12-27(25)31(36)32-26/h4-16,20,26H,17-19,21-22H2,1-3H3,(H,32,36). The molecule has 3 aromatic rings. The third-order valence-corrected chi connectivity index (χ3v) is 10.7. The van der Waals surface area contributed by atoms with Crippen LogP contribution in [0, 0.1) is 0 Å². The van der Waals surface area contributed by atoms with E-state index in [0.29, 0.717) is 29.5 Å². The zero-order valence-electron chi connectivity index (χ0n) is 23.5. The van der Waals surface area contributed by atoms with Gasteiger partial charge in [0.05, 0.1) is 11.7 Å². The van der Waals surface area contributed by atoms with Crippen LogP contribution in [0.3, 0.4) is 0 Å². The molecule has 0 bridgehead atoms. The number of fused-ring (bicyclic) bond motifs is 1. The summed E-state index contributed by atoms with van der Waals surface area (Å²) in [5, 5.41) is 3.06. The summed E-state index contributed by atoms with van der Waals surface area (Å²) in [6.07, 6.45) is 4.38. The highest BCUT2D eigenvalue weighted by molar-refractivity contribution is 7.91. The van der Waals surface area contributed by atoms with Gasteiger partial charge < -0.3 is 10.1 Å². The molecule has 1 N–H and O–H groups in total. The van der Waals surface area contributed by atoms with Crippen LogP contribution >= 0.6 is 0 Å². The monoisotopic (exact) mass is 589 g/mol. The molecule has 214 valence electrons. The Hall–Kier alpha value is -3.89. The number of carbonyl (C=O) groups is 2. The molecule has 1 saturated heterocycles. The summed E-state index contributed by atoms with van der Waals surface area (Å²) in [7, 11) is -5.62. The molecule has 2 aliphatic rings. The molecule has 0 aromatic heterocycles. The lowest BCUT2D eigenvalue weighted by Crippen LogP contribution is -2.37. The van der Waals surface area contributed by atoms with Crippen LogP contribution in [-0.2, 0) is 28.0 Å². The Kier molecular flexibility index (Phi) is 8.06. The fourth-order valence-corrected chi connectivity index (χ4v) is 7.50. The first-order valence-electron chi connectivity index (χ1n) is 13.7. The Morgan fingerprint density at radius 2 is 1.68 bits per heavy atom. The maximum absolute atomic E-state index is 13.6. The molecule has 2 aliphatic heterocycles. The zero-order valence-corrected chi connectivity index (χ0v) is 25.4. The number of nitrogens with zero attached hydrogens (tertiary/aromatic N) is 2. The smallest absolute Gasteiger partial charge is 0.329 e. The van der Waals surface area contributed by atoms with Crippen LogP contribution in [0.25, 0.3) is 6.08 Å². The van der Waals surface area contributed by atoms with Gasteiger partial charge in [0, 0.05) is 20.2 Å². The van der Waals surface area contributed by atoms with Crippen LogP contribution in [0.2, 0.25) is 25.7 Å². The molecule has 0 saturated carbocycles. The topological polar surface area (TPSA) is 96.0 Å². The fourth-order valence-electron chi connectivity index (χ4n) is 4.90. The molecule has 0 spiro atoms. The van der Waals surface area contributed by atoms with E-state index < -0.39 is 24.2 Å². The number of amides is 2. The first-order valence-corrected chi connectivity index (χ1v) is 18.8. The van der Waals surface area contributed by atoms with Crippen LogP contribution < -0.4 is 14.4 Å². The quantitative estimate of drug-likeness (QED) is 0.360. The molecular weight excluding hydrogens is 555 g/mol. The van der Waals surface area contributed by atoms with Gasteiger partial charge in [-0.1, -0.05) is 86.4 Å². The Bertz CT molecular complexity index is 1580. The van der Waals surface area contributed by atoms with E-state index >= 15 is 0 Å². The van der Waals surface area contributed by atoms with Gasteiger partial charge in [0.25, 0.3) is 11.8 Å². The van der Waals surface area contributed by atoms with Crippen LogP contribution in [-0.4, -0.2) is 51.7 Å². The summed E-state index contributed by atoms with van der Waals surface area (Å²) in [4.78, 5) is 25.7. The third-order valence-electron chi connectivity index (χ3n) is 7.19. The van der Waals surface area contributed by atoms with E-state index in [1.165, 1.54) is 0 Å². The second-order valence-corrected chi connectivity index (χ2v) is 19.0. The van der Waals surface area contributed by atoms with Crippen LogP contribution in [0.4, 0.5) is 5.69 Å². The number of nitrogens with one attached hydrogen (secondary N) is 1. The van der Waals surface area contributed by atoms with Crippen molar-refractivity contribution in [2.24, 2.45) is 0 Å². The van der Waals surface area contributed by atoms with Crippen LogP contribution in [0.1, 0.15) is 27.0 Å². The number of carbonyl (C=O) groups excluding carboxylic acids is 2. The van der Waals surface area contributed by atoms with Crippen molar-refractivity contribution < 1.29 is 22.7 Å². The van der Waals surface area contributed by atoms with Crippen molar-refractivity contribution in [3.05, 3.63) is 101 Å². The van der Waals surface area contributed by atoms with Gasteiger partial charge in [0.1, 0.15) is 18.9 Å². The van der Waals surface area contributed by atoms with Gasteiger partial charge >= 0.3 is 10.2 Å². The van der Waals surface area contributed by atoms with Gasteiger partial charge in [0.2, 0.25) is 0 Å². The van der Waals surface area contributed by atoms with E-state index in [4.69, 9.17) is 4.74 Å². The minimum absolute atomic E-state index is 0.146. The number of anilines is 1. The van der Waals surface area contributed by atoms with Gasteiger partial charge in [-0.2, -0.15) is 8.42 Å². The highest BCUT2D eigenvalue weighted by Gasteiger charge is 2.44. The molecule has 0 radical (unpaired) electrons. The summed E-state index contributed by atoms with van der Waals surface area (Å²) in [6, 6.07) is 22.8. The van der Waals surface area contributed by atoms with Crippen molar-refractivity contribution in [1.82, 2.24) is 9.62 Å². The van der Waals surface area contributed by atoms with Crippen molar-refractivity contribution in [3.63, 3.8) is 0 Å². The Morgan fingerprint density at radius 3 is 2.44 bits per heavy atom. The molecule has 1 fully saturated rings. The summed E-state index contributed by atoms with van der Waals surface area (Å²) >= 11 is 0. The first kappa shape index (κ1) is 28.6. The van der Waals surface area contributed by atoms with Crippen molar-refractivity contribution >= 4 is 41.9 Å². The molecule has 41 heavy (non-hydrogen) atoms. The second kappa shape index (κ2) is 11.5. The van der Waals surface area contributed by atoms with Crippen LogP contribution in [0.5, 0.6) is 5.75 Å². The predicted molar refractivity (Wildman–Crippen MR) is 164 cm³/mol. The maximum Gasteiger partial charge on any atom is 0.329 e. The molecule has 2 amide bonds. The highest BCUT2D eigenvalue weighted by Crippen LogP contribution is 2.36. The minimum Gasteiger partial charge on any atom is -0.487 e. The number of rotatable bonds is 9. The van der Waals surface area contributed by atoms with Gasteiger partial charge in [0.15, 0.2) is 0 Å². The van der Waals surface area contributed by atoms with Crippen molar-refractivity contribution in [3.8, 4) is 5.75 Å². The van der Waals surface area contributed by atoms with Gasteiger partial charge in [-0.3, -0.25) is 9.59 Å². The number of benzene rings is 3. The van der Waals surface area contributed by atoms with E-state index in [2.05, 4.69) is 25.0 Å². The average molecular weight is 590 g/mol. The zero-order chi connectivity index (χ0) is 29.2. The minimum atomic E-state index is -4.05. The van der Waals surface area contributed by atoms with Gasteiger partial charge in [-0.25, -0.2) is 8.61 Å². The second-order valence-electron chi connectivity index (χ2n) is 11.6. The summed E-state index contributed by atoms with van der Waals surface area (Å²) in [6.45, 7) is 6.59. The summed E-state index contributed by atoms with van der Waals surface area (Å²) in [5.74, 6) is -0.220. The largest absolute Gasteiger partial charge is 0.487 e. The van der Waals surface area contributed by atoms with Crippen LogP contribution in [0.15, 0.2) is 78.9 Å². The van der Waals surface area contributed by atoms with E-state index in [9.17, 15) is 18.0 Å². The summed E-state index contributed by atoms with van der Waals surface area (Å²) < 4.78 is 35.5. The molecule has 1 atom stereocenters. The summed E-state index contributed by atoms with van der Waals surface area (Å²) in [5.41, 5.74) is 3.59. The lowest BCUT2D eigenvalue weighted by molar-refractivity contribution is -0.123. The number of hydrogen-bond acceptors (Lipinski definition) is 5. The Morgan fingerprint density at radius 1 is 0.951 bits per heavy atom. The number of hydrogen-bond donors (Lipinski definition) is 1. The van der Waals surface area contributed by atoms with Gasteiger partial charge in [-0.15, -0.1) is 0 Å². The molecule has 10 heteroatoms. The molecule has 2 heterocycles. The van der Waals surface area contributed by atoms with Gasteiger partial charge in [-0.05, 0) is 47.4 Å². The normalized spacial score (nSPS) is 18.2. The van der Waals surface area contributed by atoms with Crippen molar-refractivity contribution in [2.45, 2.75) is 44.8 Å². The van der Waals surface area contributed by atoms with Crippen molar-refractivity contribution in [1.29, 1.82) is 0 Å². The molecule has 0 aliphatic carbocycles. The Balaban J connectivity index is 1.43. The van der Waals surface area contributed by atoms with E-state index in [1.54, 1.807) is 18.2 Å². The first-order chi connectivity index (χ1) is 19.5. The molecule has 3 aromatic carbocycles. The van der Waals surface area contributed by atoms with E-state index in [0.717, 1.165) is 25.3 Å². The lowest BCUT2D eigenvalue weighted by Gasteiger charge is -2.24. The van der Waals surface area contributed by atoms with Crippen molar-refractivity contribution in [2.75, 3.05) is 17.4 Å². The molecule has 1 unspecified atom stereocenters. The SMILES string of the molecule is C[Si](C)(C)CCN1C(=O)CN(c2ccc(CC3C=Cc4ccccc4C(=O)N3)cc2OCc2ccccc2)S1(=O)=O. The molecule has 8 nitrogen and oxygen atoms in total. The Labute approximate surface area is 242 Å². The molecule has 5 rings (SSSR count). The predicted octanol–water partition coefficient (Wildman–Crippen LogP) is 4.87. The average Bonchev–Trinajstić information content (AvgIpc) is 3.05. The third kappa shape index (κ3) is 6.55. The van der Waals surface area contributed by atoms with E-state index in [-0.39, 0.29) is 31.6 Å².